The average molecular weight is 282 g/mol. The summed E-state index contributed by atoms with van der Waals surface area (Å²) in [5.41, 5.74) is 4.56. The second kappa shape index (κ2) is 6.16. The standard InChI is InChI=1S/C13H13Cl2N3/c14-10-5-3-4-9(13(10)15)8-12(18-16)11-6-1-2-7-17-11/h1-7,12,18H,8,16H2. The average Bonchev–Trinajstić information content (AvgIpc) is 2.41. The summed E-state index contributed by atoms with van der Waals surface area (Å²) in [4.78, 5) is 4.28. The zero-order chi connectivity index (χ0) is 13.0. The van der Waals surface area contributed by atoms with E-state index in [0.717, 1.165) is 11.3 Å². The predicted octanol–water partition coefficient (Wildman–Crippen LogP) is 3.14. The Morgan fingerprint density at radius 1 is 1.17 bits per heavy atom. The van der Waals surface area contributed by atoms with Gasteiger partial charge < -0.3 is 0 Å². The van der Waals surface area contributed by atoms with Crippen LogP contribution in [-0.4, -0.2) is 4.98 Å². The highest BCUT2D eigenvalue weighted by atomic mass is 35.5. The number of aromatic nitrogens is 1. The number of benzene rings is 1. The monoisotopic (exact) mass is 281 g/mol. The van der Waals surface area contributed by atoms with Gasteiger partial charge in [-0.1, -0.05) is 41.4 Å². The Labute approximate surface area is 116 Å². The molecule has 1 heterocycles. The van der Waals surface area contributed by atoms with Gasteiger partial charge >= 0.3 is 0 Å². The number of nitrogens with zero attached hydrogens (tertiary/aromatic N) is 1. The van der Waals surface area contributed by atoms with Crippen LogP contribution in [0, 0.1) is 0 Å². The molecule has 18 heavy (non-hydrogen) atoms. The van der Waals surface area contributed by atoms with E-state index in [1.54, 1.807) is 12.3 Å². The molecule has 0 aliphatic heterocycles. The van der Waals surface area contributed by atoms with Crippen LogP contribution in [0.15, 0.2) is 42.6 Å². The first kappa shape index (κ1) is 13.3. The third-order valence-electron chi connectivity index (χ3n) is 2.70. The van der Waals surface area contributed by atoms with Crippen molar-refractivity contribution in [3.63, 3.8) is 0 Å². The zero-order valence-electron chi connectivity index (χ0n) is 9.61. The van der Waals surface area contributed by atoms with Crippen molar-refractivity contribution in [2.24, 2.45) is 5.84 Å². The molecule has 94 valence electrons. The number of nitrogens with one attached hydrogen (secondary N) is 1. The van der Waals surface area contributed by atoms with E-state index in [9.17, 15) is 0 Å². The summed E-state index contributed by atoms with van der Waals surface area (Å²) in [6.07, 6.45) is 2.37. The Balaban J connectivity index is 2.24. The molecular weight excluding hydrogens is 269 g/mol. The van der Waals surface area contributed by atoms with Gasteiger partial charge in [-0.25, -0.2) is 0 Å². The number of halogens is 2. The van der Waals surface area contributed by atoms with E-state index in [0.29, 0.717) is 16.5 Å². The van der Waals surface area contributed by atoms with Gasteiger partial charge in [-0.3, -0.25) is 16.3 Å². The molecular formula is C13H13Cl2N3. The smallest absolute Gasteiger partial charge is 0.0672 e. The highest BCUT2D eigenvalue weighted by molar-refractivity contribution is 6.42. The van der Waals surface area contributed by atoms with E-state index in [1.807, 2.05) is 30.3 Å². The van der Waals surface area contributed by atoms with Gasteiger partial charge in [-0.15, -0.1) is 0 Å². The molecule has 1 atom stereocenters. The fourth-order valence-electron chi connectivity index (χ4n) is 1.76. The van der Waals surface area contributed by atoms with Crippen LogP contribution in [0.25, 0.3) is 0 Å². The maximum Gasteiger partial charge on any atom is 0.0672 e. The maximum atomic E-state index is 6.16. The molecule has 0 aliphatic rings. The van der Waals surface area contributed by atoms with Crippen LogP contribution < -0.4 is 11.3 Å². The maximum absolute atomic E-state index is 6.16. The third kappa shape index (κ3) is 3.00. The number of rotatable bonds is 4. The van der Waals surface area contributed by atoms with Crippen molar-refractivity contribution in [3.8, 4) is 0 Å². The molecule has 3 N–H and O–H groups in total. The quantitative estimate of drug-likeness (QED) is 0.669. The Hall–Kier alpha value is -1.13. The minimum absolute atomic E-state index is 0.0952. The number of hydrogen-bond acceptors (Lipinski definition) is 3. The lowest BCUT2D eigenvalue weighted by atomic mass is 10.0. The highest BCUT2D eigenvalue weighted by Gasteiger charge is 2.14. The number of hydrazine groups is 1. The number of pyridine rings is 1. The van der Waals surface area contributed by atoms with Crippen LogP contribution in [0.5, 0.6) is 0 Å². The Morgan fingerprint density at radius 3 is 2.67 bits per heavy atom. The van der Waals surface area contributed by atoms with Gasteiger partial charge in [0.15, 0.2) is 0 Å². The number of nitrogens with two attached hydrogens (primary N) is 1. The van der Waals surface area contributed by atoms with E-state index < -0.39 is 0 Å². The lowest BCUT2D eigenvalue weighted by Crippen LogP contribution is -2.30. The van der Waals surface area contributed by atoms with Crippen LogP contribution in [0.2, 0.25) is 10.0 Å². The van der Waals surface area contributed by atoms with E-state index in [1.165, 1.54) is 0 Å². The summed E-state index contributed by atoms with van der Waals surface area (Å²) >= 11 is 12.1. The van der Waals surface area contributed by atoms with Crippen molar-refractivity contribution in [2.45, 2.75) is 12.5 Å². The van der Waals surface area contributed by atoms with Crippen molar-refractivity contribution in [1.29, 1.82) is 0 Å². The van der Waals surface area contributed by atoms with Gasteiger partial charge in [0.1, 0.15) is 0 Å². The highest BCUT2D eigenvalue weighted by Crippen LogP contribution is 2.28. The first-order valence-corrected chi connectivity index (χ1v) is 6.28. The van der Waals surface area contributed by atoms with Crippen LogP contribution in [-0.2, 0) is 6.42 Å². The summed E-state index contributed by atoms with van der Waals surface area (Å²) in [6.45, 7) is 0. The predicted molar refractivity (Wildman–Crippen MR) is 74.5 cm³/mol. The van der Waals surface area contributed by atoms with Gasteiger partial charge in [-0.05, 0) is 30.2 Å². The molecule has 0 bridgehead atoms. The van der Waals surface area contributed by atoms with Crippen LogP contribution in [0.3, 0.4) is 0 Å². The molecule has 2 aromatic rings. The first-order valence-electron chi connectivity index (χ1n) is 5.52. The fraction of sp³-hybridized carbons (Fsp3) is 0.154. The molecule has 0 aliphatic carbocycles. The van der Waals surface area contributed by atoms with Crippen LogP contribution in [0.4, 0.5) is 0 Å². The third-order valence-corrected chi connectivity index (χ3v) is 3.56. The molecule has 1 aromatic carbocycles. The van der Waals surface area contributed by atoms with Crippen LogP contribution >= 0.6 is 23.2 Å². The van der Waals surface area contributed by atoms with Gasteiger partial charge in [0.2, 0.25) is 0 Å². The molecule has 0 amide bonds. The van der Waals surface area contributed by atoms with Crippen LogP contribution in [0.1, 0.15) is 17.3 Å². The SMILES string of the molecule is NNC(Cc1cccc(Cl)c1Cl)c1ccccn1. The molecule has 1 unspecified atom stereocenters. The largest absolute Gasteiger partial charge is 0.271 e. The van der Waals surface area contributed by atoms with Gasteiger partial charge in [0, 0.05) is 6.20 Å². The second-order valence-electron chi connectivity index (χ2n) is 3.89. The topological polar surface area (TPSA) is 50.9 Å². The summed E-state index contributed by atoms with van der Waals surface area (Å²) in [7, 11) is 0. The van der Waals surface area contributed by atoms with Crippen molar-refractivity contribution in [3.05, 3.63) is 63.9 Å². The van der Waals surface area contributed by atoms with Crippen molar-refractivity contribution in [2.75, 3.05) is 0 Å². The molecule has 1 aromatic heterocycles. The Kier molecular flexibility index (Phi) is 4.55. The molecule has 0 saturated carbocycles. The van der Waals surface area contributed by atoms with Crippen molar-refractivity contribution >= 4 is 23.2 Å². The zero-order valence-corrected chi connectivity index (χ0v) is 11.1. The fourth-order valence-corrected chi connectivity index (χ4v) is 2.15. The minimum atomic E-state index is -0.0952. The minimum Gasteiger partial charge on any atom is -0.271 e. The van der Waals surface area contributed by atoms with E-state index in [-0.39, 0.29) is 6.04 Å². The summed E-state index contributed by atoms with van der Waals surface area (Å²) < 4.78 is 0. The first-order chi connectivity index (χ1) is 8.72. The van der Waals surface area contributed by atoms with Gasteiger partial charge in [-0.2, -0.15) is 0 Å². The molecule has 0 spiro atoms. The van der Waals surface area contributed by atoms with Gasteiger partial charge in [0.25, 0.3) is 0 Å². The summed E-state index contributed by atoms with van der Waals surface area (Å²) in [5.74, 6) is 5.57. The van der Waals surface area contributed by atoms with E-state index in [4.69, 9.17) is 29.0 Å². The molecule has 2 rings (SSSR count). The van der Waals surface area contributed by atoms with E-state index in [2.05, 4.69) is 10.4 Å². The van der Waals surface area contributed by atoms with Crippen molar-refractivity contribution < 1.29 is 0 Å². The molecule has 0 radical (unpaired) electrons. The molecule has 0 fully saturated rings. The van der Waals surface area contributed by atoms with E-state index >= 15 is 0 Å². The lowest BCUT2D eigenvalue weighted by molar-refractivity contribution is 0.538. The molecule has 5 heteroatoms. The van der Waals surface area contributed by atoms with Gasteiger partial charge in [0.05, 0.1) is 21.8 Å². The normalized spacial score (nSPS) is 12.4. The summed E-state index contributed by atoms with van der Waals surface area (Å²) in [6, 6.07) is 11.2. The lowest BCUT2D eigenvalue weighted by Gasteiger charge is -2.16. The molecule has 3 nitrogen and oxygen atoms in total. The summed E-state index contributed by atoms with van der Waals surface area (Å²) in [5, 5.41) is 1.11. The van der Waals surface area contributed by atoms with Crippen molar-refractivity contribution in [1.82, 2.24) is 10.4 Å². The second-order valence-corrected chi connectivity index (χ2v) is 4.68. The molecule has 0 saturated heterocycles. The number of hydrogen-bond donors (Lipinski definition) is 2. The Bertz CT molecular complexity index is 517. The Morgan fingerprint density at radius 2 is 2.00 bits per heavy atom.